The van der Waals surface area contributed by atoms with Crippen LogP contribution in [0.15, 0.2) is 12.1 Å². The Morgan fingerprint density at radius 1 is 1.37 bits per heavy atom. The van der Waals surface area contributed by atoms with E-state index < -0.39 is 17.5 Å². The van der Waals surface area contributed by atoms with Gasteiger partial charge in [0.2, 0.25) is 6.79 Å². The van der Waals surface area contributed by atoms with Crippen molar-refractivity contribution in [3.63, 3.8) is 0 Å². The first-order chi connectivity index (χ1) is 9.07. The third-order valence-corrected chi connectivity index (χ3v) is 2.93. The minimum atomic E-state index is -2.45. The highest BCUT2D eigenvalue weighted by atomic mass is 16.7. The van der Waals surface area contributed by atoms with Gasteiger partial charge >= 0.3 is 11.9 Å². The Balaban J connectivity index is 2.11. The van der Waals surface area contributed by atoms with Gasteiger partial charge in [-0.1, -0.05) is 0 Å². The predicted octanol–water partition coefficient (Wildman–Crippen LogP) is 0.0850. The summed E-state index contributed by atoms with van der Waals surface area (Å²) in [5, 5.41) is 10.3. The van der Waals surface area contributed by atoms with Gasteiger partial charge in [0, 0.05) is 6.07 Å². The zero-order chi connectivity index (χ0) is 13.6. The summed E-state index contributed by atoms with van der Waals surface area (Å²) in [6.07, 6.45) is 0. The molecule has 0 amide bonds. The highest BCUT2D eigenvalue weighted by Crippen LogP contribution is 2.46. The lowest BCUT2D eigenvalue weighted by molar-refractivity contribution is -0.176. The van der Waals surface area contributed by atoms with Crippen molar-refractivity contribution in [1.29, 1.82) is 0 Å². The molecule has 1 unspecified atom stereocenters. The van der Waals surface area contributed by atoms with Gasteiger partial charge in [0.05, 0.1) is 12.2 Å². The lowest BCUT2D eigenvalue weighted by Gasteiger charge is -2.16. The summed E-state index contributed by atoms with van der Waals surface area (Å²) in [5.74, 6) is -1.38. The van der Waals surface area contributed by atoms with Crippen LogP contribution in [0.5, 0.6) is 17.2 Å². The van der Waals surface area contributed by atoms with Gasteiger partial charge < -0.3 is 24.1 Å². The molecule has 19 heavy (non-hydrogen) atoms. The fourth-order valence-corrected chi connectivity index (χ4v) is 2.00. The molecule has 1 aromatic carbocycles. The van der Waals surface area contributed by atoms with Crippen molar-refractivity contribution in [2.75, 3.05) is 13.4 Å². The Morgan fingerprint density at radius 3 is 2.74 bits per heavy atom. The minimum absolute atomic E-state index is 0.000185. The topological polar surface area (TPSA) is 91.3 Å². The zero-order valence-electron chi connectivity index (χ0n) is 9.97. The molecule has 0 aromatic heterocycles. The first kappa shape index (κ1) is 11.8. The third kappa shape index (κ3) is 1.48. The van der Waals surface area contributed by atoms with Crippen LogP contribution in [-0.2, 0) is 19.9 Å². The molecule has 2 heterocycles. The lowest BCUT2D eigenvalue weighted by atomic mass is 9.95. The molecule has 1 N–H and O–H groups in total. The van der Waals surface area contributed by atoms with Crippen LogP contribution in [0.3, 0.4) is 0 Å². The number of hydrogen-bond donors (Lipinski definition) is 1. The van der Waals surface area contributed by atoms with Crippen molar-refractivity contribution in [3.05, 3.63) is 17.7 Å². The normalized spacial score (nSPS) is 22.9. The Morgan fingerprint density at radius 2 is 2.05 bits per heavy atom. The van der Waals surface area contributed by atoms with E-state index in [2.05, 4.69) is 0 Å². The molecule has 0 bridgehead atoms. The number of carbonyl (C=O) groups is 2. The Kier molecular flexibility index (Phi) is 2.39. The molecule has 0 radical (unpaired) electrons. The number of rotatable bonds is 2. The molecule has 100 valence electrons. The second-order valence-electron chi connectivity index (χ2n) is 4.02. The van der Waals surface area contributed by atoms with Crippen LogP contribution >= 0.6 is 0 Å². The number of carbonyl (C=O) groups excluding carboxylic acids is 2. The van der Waals surface area contributed by atoms with E-state index in [1.54, 1.807) is 6.92 Å². The summed E-state index contributed by atoms with van der Waals surface area (Å²) in [6, 6.07) is 2.74. The smallest absolute Gasteiger partial charge is 0.360 e. The van der Waals surface area contributed by atoms with Crippen LogP contribution in [0.25, 0.3) is 0 Å². The summed E-state index contributed by atoms with van der Waals surface area (Å²) < 4.78 is 19.9. The summed E-state index contributed by atoms with van der Waals surface area (Å²) in [7, 11) is 0. The van der Waals surface area contributed by atoms with E-state index in [1.165, 1.54) is 12.1 Å². The summed E-state index contributed by atoms with van der Waals surface area (Å²) in [4.78, 5) is 23.5. The van der Waals surface area contributed by atoms with Crippen molar-refractivity contribution in [3.8, 4) is 17.2 Å². The van der Waals surface area contributed by atoms with E-state index in [9.17, 15) is 14.7 Å². The fourth-order valence-electron chi connectivity index (χ4n) is 2.00. The number of aliphatic hydroxyl groups is 1. The monoisotopic (exact) mass is 266 g/mol. The van der Waals surface area contributed by atoms with E-state index in [-0.39, 0.29) is 24.7 Å². The number of benzene rings is 1. The molecule has 2 aliphatic rings. The second-order valence-corrected chi connectivity index (χ2v) is 4.02. The average molecular weight is 266 g/mol. The van der Waals surface area contributed by atoms with Crippen LogP contribution in [0.4, 0.5) is 0 Å². The number of ether oxygens (including phenoxy) is 4. The van der Waals surface area contributed by atoms with Crippen LogP contribution in [0.2, 0.25) is 0 Å². The van der Waals surface area contributed by atoms with Gasteiger partial charge in [-0.3, -0.25) is 0 Å². The predicted molar refractivity (Wildman–Crippen MR) is 58.7 cm³/mol. The highest BCUT2D eigenvalue weighted by Gasteiger charge is 2.56. The van der Waals surface area contributed by atoms with Crippen molar-refractivity contribution in [2.24, 2.45) is 0 Å². The molecular weight excluding hydrogens is 256 g/mol. The first-order valence-corrected chi connectivity index (χ1v) is 5.63. The fraction of sp³-hybridized carbons (Fsp3) is 0.333. The number of fused-ring (bicyclic) bond motifs is 2. The molecule has 1 aromatic rings. The quantitative estimate of drug-likeness (QED) is 0.460. The lowest BCUT2D eigenvalue weighted by Crippen LogP contribution is -2.43. The minimum Gasteiger partial charge on any atom is -0.463 e. The van der Waals surface area contributed by atoms with E-state index in [4.69, 9.17) is 18.9 Å². The Hall–Kier alpha value is -2.28. The van der Waals surface area contributed by atoms with E-state index in [1.807, 2.05) is 0 Å². The zero-order valence-corrected chi connectivity index (χ0v) is 9.97. The van der Waals surface area contributed by atoms with Gasteiger partial charge in [0.25, 0.3) is 5.60 Å². The van der Waals surface area contributed by atoms with Gasteiger partial charge in [0.15, 0.2) is 11.5 Å². The van der Waals surface area contributed by atoms with Crippen molar-refractivity contribution < 1.29 is 33.6 Å². The standard InChI is InChI=1S/C12H10O7/c1-2-16-10(13)12(15)6-3-8-9(18-5-17-8)4-7(6)19-11(12)14/h3-4,15H,2,5H2,1H3. The molecule has 7 heteroatoms. The SMILES string of the molecule is CCOC(=O)C1(O)C(=O)Oc2cc3c(cc21)OCO3. The molecule has 3 rings (SSSR count). The van der Waals surface area contributed by atoms with Crippen molar-refractivity contribution in [1.82, 2.24) is 0 Å². The molecule has 0 saturated carbocycles. The molecule has 0 spiro atoms. The maximum absolute atomic E-state index is 11.8. The van der Waals surface area contributed by atoms with E-state index in [0.29, 0.717) is 11.5 Å². The molecule has 1 atom stereocenters. The summed E-state index contributed by atoms with van der Waals surface area (Å²) >= 11 is 0. The Labute approximate surface area is 107 Å². The van der Waals surface area contributed by atoms with Crippen molar-refractivity contribution >= 4 is 11.9 Å². The third-order valence-electron chi connectivity index (χ3n) is 2.93. The first-order valence-electron chi connectivity index (χ1n) is 5.63. The maximum atomic E-state index is 11.8. The van der Waals surface area contributed by atoms with Crippen LogP contribution in [-0.4, -0.2) is 30.4 Å². The summed E-state index contributed by atoms with van der Waals surface area (Å²) in [6.45, 7) is 1.64. The number of esters is 2. The average Bonchev–Trinajstić information content (AvgIpc) is 2.92. The molecule has 0 saturated heterocycles. The number of hydrogen-bond acceptors (Lipinski definition) is 7. The molecule has 0 fully saturated rings. The Bertz CT molecular complexity index is 580. The van der Waals surface area contributed by atoms with Crippen LogP contribution in [0.1, 0.15) is 12.5 Å². The molecular formula is C12H10O7. The second kappa shape index (κ2) is 3.86. The van der Waals surface area contributed by atoms with E-state index >= 15 is 0 Å². The highest BCUT2D eigenvalue weighted by molar-refractivity contribution is 6.08. The van der Waals surface area contributed by atoms with Crippen LogP contribution < -0.4 is 14.2 Å². The van der Waals surface area contributed by atoms with E-state index in [0.717, 1.165) is 0 Å². The largest absolute Gasteiger partial charge is 0.463 e. The van der Waals surface area contributed by atoms with Gasteiger partial charge in [-0.15, -0.1) is 0 Å². The van der Waals surface area contributed by atoms with Gasteiger partial charge in [-0.2, -0.15) is 0 Å². The maximum Gasteiger partial charge on any atom is 0.360 e. The molecule has 7 nitrogen and oxygen atoms in total. The van der Waals surface area contributed by atoms with Crippen LogP contribution in [0, 0.1) is 0 Å². The summed E-state index contributed by atoms with van der Waals surface area (Å²) in [5.41, 5.74) is -2.45. The van der Waals surface area contributed by atoms with Gasteiger partial charge in [0.1, 0.15) is 5.75 Å². The van der Waals surface area contributed by atoms with Gasteiger partial charge in [-0.25, -0.2) is 9.59 Å². The van der Waals surface area contributed by atoms with Gasteiger partial charge in [-0.05, 0) is 13.0 Å². The molecule has 0 aliphatic carbocycles. The van der Waals surface area contributed by atoms with Crippen molar-refractivity contribution in [2.45, 2.75) is 12.5 Å². The molecule has 2 aliphatic heterocycles.